The molecule has 0 rings (SSSR count). The molecule has 0 aliphatic heterocycles. The fourth-order valence-corrected chi connectivity index (χ4v) is 1.32. The van der Waals surface area contributed by atoms with Crippen LogP contribution in [0.4, 0.5) is 0 Å². The van der Waals surface area contributed by atoms with Crippen LogP contribution in [-0.4, -0.2) is 43.7 Å². The molecule has 0 aromatic heterocycles. The van der Waals surface area contributed by atoms with Gasteiger partial charge in [0.25, 0.3) is 0 Å². The molecule has 0 saturated heterocycles. The fraction of sp³-hybridized carbons (Fsp3) is 0.727. The first kappa shape index (κ1) is 14.1. The predicted octanol–water partition coefficient (Wildman–Crippen LogP) is 0.775. The molecule has 1 atom stereocenters. The van der Waals surface area contributed by atoms with Gasteiger partial charge in [0.2, 0.25) is 5.91 Å². The third-order valence-corrected chi connectivity index (χ3v) is 2.14. The highest BCUT2D eigenvalue weighted by atomic mass is 16.5. The maximum atomic E-state index is 11.8. The number of ether oxygens (including phenoxy) is 1. The lowest BCUT2D eigenvalue weighted by Gasteiger charge is -2.24. The normalized spacial score (nSPS) is 12.2. The van der Waals surface area contributed by atoms with Gasteiger partial charge in [0.15, 0.2) is 0 Å². The Bertz CT molecular complexity index is 195. The van der Waals surface area contributed by atoms with Crippen molar-refractivity contribution in [2.45, 2.75) is 25.8 Å². The van der Waals surface area contributed by atoms with Gasteiger partial charge in [-0.3, -0.25) is 4.79 Å². The molecule has 0 aromatic carbocycles. The lowest BCUT2D eigenvalue weighted by Crippen LogP contribution is -2.45. The van der Waals surface area contributed by atoms with E-state index in [1.54, 1.807) is 18.1 Å². The number of amides is 1. The molecule has 0 radical (unpaired) electrons. The Morgan fingerprint density at radius 2 is 2.33 bits per heavy atom. The minimum atomic E-state index is -0.396. The summed E-state index contributed by atoms with van der Waals surface area (Å²) in [4.78, 5) is 13.5. The van der Waals surface area contributed by atoms with Crippen molar-refractivity contribution in [3.05, 3.63) is 12.7 Å². The van der Waals surface area contributed by atoms with E-state index in [-0.39, 0.29) is 5.91 Å². The molecular formula is C11H22N2O2. The maximum absolute atomic E-state index is 11.8. The Kier molecular flexibility index (Phi) is 7.95. The lowest BCUT2D eigenvalue weighted by atomic mass is 10.1. The summed E-state index contributed by atoms with van der Waals surface area (Å²) in [6.45, 7) is 7.26. The van der Waals surface area contributed by atoms with E-state index in [1.165, 1.54) is 0 Å². The Hall–Kier alpha value is -0.870. The number of nitrogens with two attached hydrogens (primary N) is 1. The first-order valence-corrected chi connectivity index (χ1v) is 5.31. The Balaban J connectivity index is 4.19. The molecule has 4 nitrogen and oxygen atoms in total. The molecule has 0 spiro atoms. The number of methoxy groups -OCH3 is 1. The van der Waals surface area contributed by atoms with Gasteiger partial charge in [0.1, 0.15) is 0 Å². The minimum Gasteiger partial charge on any atom is -0.383 e. The SMILES string of the molecule is C=CCN(CCOC)C(=O)C(N)CCC. The molecule has 0 aliphatic rings. The van der Waals surface area contributed by atoms with Gasteiger partial charge in [-0.2, -0.15) is 0 Å². The van der Waals surface area contributed by atoms with Gasteiger partial charge in [-0.15, -0.1) is 6.58 Å². The first-order valence-electron chi connectivity index (χ1n) is 5.31. The number of rotatable bonds is 8. The second-order valence-corrected chi connectivity index (χ2v) is 3.46. The largest absolute Gasteiger partial charge is 0.383 e. The van der Waals surface area contributed by atoms with Crippen LogP contribution in [0, 0.1) is 0 Å². The molecule has 15 heavy (non-hydrogen) atoms. The highest BCUT2D eigenvalue weighted by molar-refractivity contribution is 5.81. The summed E-state index contributed by atoms with van der Waals surface area (Å²) in [5.74, 6) is -0.0196. The second kappa shape index (κ2) is 8.44. The van der Waals surface area contributed by atoms with Gasteiger partial charge in [0, 0.05) is 20.2 Å². The van der Waals surface area contributed by atoms with Crippen molar-refractivity contribution >= 4 is 5.91 Å². The van der Waals surface area contributed by atoms with Gasteiger partial charge < -0.3 is 15.4 Å². The first-order chi connectivity index (χ1) is 7.17. The highest BCUT2D eigenvalue weighted by Crippen LogP contribution is 2.00. The zero-order chi connectivity index (χ0) is 11.7. The van der Waals surface area contributed by atoms with Crippen molar-refractivity contribution in [2.75, 3.05) is 26.8 Å². The van der Waals surface area contributed by atoms with Gasteiger partial charge >= 0.3 is 0 Å². The number of hydrogen-bond acceptors (Lipinski definition) is 3. The van der Waals surface area contributed by atoms with Crippen LogP contribution >= 0.6 is 0 Å². The molecule has 1 unspecified atom stereocenters. The van der Waals surface area contributed by atoms with Crippen LogP contribution in [0.1, 0.15) is 19.8 Å². The Labute approximate surface area is 92.1 Å². The van der Waals surface area contributed by atoms with Crippen LogP contribution < -0.4 is 5.73 Å². The summed E-state index contributed by atoms with van der Waals surface area (Å²) in [6, 6.07) is -0.396. The van der Waals surface area contributed by atoms with E-state index >= 15 is 0 Å². The zero-order valence-electron chi connectivity index (χ0n) is 9.74. The van der Waals surface area contributed by atoms with Crippen LogP contribution in [0.3, 0.4) is 0 Å². The average Bonchev–Trinajstić information content (AvgIpc) is 2.23. The molecule has 0 heterocycles. The standard InChI is InChI=1S/C11H22N2O2/c1-4-6-10(12)11(14)13(7-5-2)8-9-15-3/h5,10H,2,4,6-9,12H2,1,3H3. The van der Waals surface area contributed by atoms with E-state index in [0.29, 0.717) is 19.7 Å². The summed E-state index contributed by atoms with van der Waals surface area (Å²) < 4.78 is 4.94. The van der Waals surface area contributed by atoms with Gasteiger partial charge in [-0.1, -0.05) is 19.4 Å². The maximum Gasteiger partial charge on any atom is 0.239 e. The molecule has 88 valence electrons. The zero-order valence-corrected chi connectivity index (χ0v) is 9.74. The van der Waals surface area contributed by atoms with Crippen molar-refractivity contribution < 1.29 is 9.53 Å². The summed E-state index contributed by atoms with van der Waals surface area (Å²) in [5.41, 5.74) is 5.76. The Morgan fingerprint density at radius 1 is 1.67 bits per heavy atom. The van der Waals surface area contributed by atoms with Gasteiger partial charge in [0.05, 0.1) is 12.6 Å². The van der Waals surface area contributed by atoms with Crippen LogP contribution in [-0.2, 0) is 9.53 Å². The van der Waals surface area contributed by atoms with Crippen molar-refractivity contribution in [1.29, 1.82) is 0 Å². The van der Waals surface area contributed by atoms with Crippen LogP contribution in [0.5, 0.6) is 0 Å². The molecule has 0 aliphatic carbocycles. The molecular weight excluding hydrogens is 192 g/mol. The average molecular weight is 214 g/mol. The predicted molar refractivity (Wildman–Crippen MR) is 61.5 cm³/mol. The van der Waals surface area contributed by atoms with E-state index < -0.39 is 6.04 Å². The smallest absolute Gasteiger partial charge is 0.239 e. The number of hydrogen-bond donors (Lipinski definition) is 1. The quantitative estimate of drug-likeness (QED) is 0.607. The number of nitrogens with zero attached hydrogens (tertiary/aromatic N) is 1. The molecule has 0 bridgehead atoms. The second-order valence-electron chi connectivity index (χ2n) is 3.46. The monoisotopic (exact) mass is 214 g/mol. The van der Waals surface area contributed by atoms with Gasteiger partial charge in [-0.05, 0) is 6.42 Å². The van der Waals surface area contributed by atoms with Crippen molar-refractivity contribution in [3.63, 3.8) is 0 Å². The summed E-state index contributed by atoms with van der Waals surface area (Å²) in [5, 5.41) is 0. The van der Waals surface area contributed by atoms with Crippen molar-refractivity contribution in [1.82, 2.24) is 4.90 Å². The van der Waals surface area contributed by atoms with Gasteiger partial charge in [-0.25, -0.2) is 0 Å². The topological polar surface area (TPSA) is 55.6 Å². The number of carbonyl (C=O) groups is 1. The molecule has 0 aromatic rings. The third kappa shape index (κ3) is 5.54. The lowest BCUT2D eigenvalue weighted by molar-refractivity contribution is -0.132. The summed E-state index contributed by atoms with van der Waals surface area (Å²) in [6.07, 6.45) is 3.34. The molecule has 0 fully saturated rings. The minimum absolute atomic E-state index is 0.0196. The third-order valence-electron chi connectivity index (χ3n) is 2.14. The van der Waals surface area contributed by atoms with E-state index in [4.69, 9.17) is 10.5 Å². The van der Waals surface area contributed by atoms with Crippen molar-refractivity contribution in [3.8, 4) is 0 Å². The molecule has 2 N–H and O–H groups in total. The van der Waals surface area contributed by atoms with Crippen LogP contribution in [0.15, 0.2) is 12.7 Å². The number of carbonyl (C=O) groups excluding carboxylic acids is 1. The molecule has 1 amide bonds. The van der Waals surface area contributed by atoms with E-state index in [0.717, 1.165) is 12.8 Å². The van der Waals surface area contributed by atoms with E-state index in [2.05, 4.69) is 6.58 Å². The fourth-order valence-electron chi connectivity index (χ4n) is 1.32. The summed E-state index contributed by atoms with van der Waals surface area (Å²) in [7, 11) is 1.61. The summed E-state index contributed by atoms with van der Waals surface area (Å²) >= 11 is 0. The Morgan fingerprint density at radius 3 is 2.80 bits per heavy atom. The van der Waals surface area contributed by atoms with E-state index in [1.807, 2.05) is 6.92 Å². The van der Waals surface area contributed by atoms with Crippen molar-refractivity contribution in [2.24, 2.45) is 5.73 Å². The van der Waals surface area contributed by atoms with Crippen LogP contribution in [0.2, 0.25) is 0 Å². The highest BCUT2D eigenvalue weighted by Gasteiger charge is 2.18. The van der Waals surface area contributed by atoms with Crippen LogP contribution in [0.25, 0.3) is 0 Å². The molecule has 4 heteroatoms. The molecule has 0 saturated carbocycles. The van der Waals surface area contributed by atoms with E-state index in [9.17, 15) is 4.79 Å².